The molecule has 0 bridgehead atoms. The molecule has 0 aliphatic heterocycles. The number of pyridine rings is 2. The Labute approximate surface area is 126 Å². The lowest BCUT2D eigenvalue weighted by Gasteiger charge is -2.07. The van der Waals surface area contributed by atoms with Crippen LogP contribution in [0.1, 0.15) is 5.69 Å². The van der Waals surface area contributed by atoms with Gasteiger partial charge in [0, 0.05) is 11.9 Å². The van der Waals surface area contributed by atoms with Crippen molar-refractivity contribution >= 4 is 33.1 Å². The molecule has 6 nitrogen and oxygen atoms in total. The summed E-state index contributed by atoms with van der Waals surface area (Å²) in [7, 11) is -3.89. The van der Waals surface area contributed by atoms with Gasteiger partial charge in [0.25, 0.3) is 10.0 Å². The number of sulfonamides is 1. The van der Waals surface area contributed by atoms with E-state index >= 15 is 0 Å². The first kappa shape index (κ1) is 13.8. The maximum Gasteiger partial charge on any atom is 0.282 e. The van der Waals surface area contributed by atoms with Crippen molar-refractivity contribution in [2.45, 2.75) is 11.9 Å². The predicted molar refractivity (Wildman–Crippen MR) is 80.0 cm³/mol. The largest absolute Gasteiger partial charge is 0.288 e. The van der Waals surface area contributed by atoms with Crippen LogP contribution in [0.3, 0.4) is 0 Å². The van der Waals surface area contributed by atoms with E-state index in [0.29, 0.717) is 11.3 Å². The van der Waals surface area contributed by atoms with Gasteiger partial charge in [-0.25, -0.2) is 9.97 Å². The van der Waals surface area contributed by atoms with Crippen LogP contribution in [0.5, 0.6) is 0 Å². The second kappa shape index (κ2) is 5.01. The van der Waals surface area contributed by atoms with E-state index in [1.54, 1.807) is 49.5 Å². The topological polar surface area (TPSA) is 76.4 Å². The van der Waals surface area contributed by atoms with Gasteiger partial charge in [-0.2, -0.15) is 8.42 Å². The van der Waals surface area contributed by atoms with E-state index in [1.165, 1.54) is 4.40 Å². The summed E-state index contributed by atoms with van der Waals surface area (Å²) in [5.41, 5.74) is 1.17. The molecular weight excluding hydrogens is 312 g/mol. The third-order valence-electron chi connectivity index (χ3n) is 2.83. The average molecular weight is 323 g/mol. The van der Waals surface area contributed by atoms with Crippen molar-refractivity contribution in [1.29, 1.82) is 0 Å². The highest BCUT2D eigenvalue weighted by molar-refractivity contribution is 7.92. The van der Waals surface area contributed by atoms with Gasteiger partial charge in [0.1, 0.15) is 11.5 Å². The van der Waals surface area contributed by atoms with Crippen molar-refractivity contribution in [3.8, 4) is 0 Å². The third-order valence-corrected chi connectivity index (χ3v) is 4.58. The van der Waals surface area contributed by atoms with Gasteiger partial charge in [-0.1, -0.05) is 23.7 Å². The Balaban J connectivity index is 2.10. The maximum atomic E-state index is 12.5. The number of rotatable bonds is 3. The van der Waals surface area contributed by atoms with E-state index in [1.807, 2.05) is 0 Å². The first-order valence-corrected chi connectivity index (χ1v) is 7.92. The van der Waals surface area contributed by atoms with Crippen LogP contribution in [0.4, 0.5) is 5.82 Å². The Hall–Kier alpha value is -2.12. The van der Waals surface area contributed by atoms with Gasteiger partial charge in [0.15, 0.2) is 10.2 Å². The fourth-order valence-electron chi connectivity index (χ4n) is 1.97. The van der Waals surface area contributed by atoms with E-state index in [9.17, 15) is 8.42 Å². The third kappa shape index (κ3) is 2.57. The molecule has 0 radical (unpaired) electrons. The summed E-state index contributed by atoms with van der Waals surface area (Å²) in [4.78, 5) is 8.14. The molecular formula is C13H11ClN4O2S. The van der Waals surface area contributed by atoms with Crippen LogP contribution in [-0.2, 0) is 10.0 Å². The standard InChI is InChI=1S/C13H11ClN4O2S/c1-9-5-4-6-10(15-9)17-21(19,20)13-12(14)16-11-7-2-3-8-18(11)13/h2-8H,1H3,(H,15,17). The monoisotopic (exact) mass is 322 g/mol. The molecule has 3 aromatic rings. The molecule has 0 unspecified atom stereocenters. The van der Waals surface area contributed by atoms with Gasteiger partial charge < -0.3 is 0 Å². The zero-order valence-electron chi connectivity index (χ0n) is 11.0. The normalized spacial score (nSPS) is 11.7. The van der Waals surface area contributed by atoms with Crippen LogP contribution in [0.2, 0.25) is 5.15 Å². The number of fused-ring (bicyclic) bond motifs is 1. The van der Waals surface area contributed by atoms with Crippen LogP contribution in [-0.4, -0.2) is 22.8 Å². The van der Waals surface area contributed by atoms with Crippen LogP contribution in [0.15, 0.2) is 47.6 Å². The molecule has 21 heavy (non-hydrogen) atoms. The van der Waals surface area contributed by atoms with Gasteiger partial charge >= 0.3 is 0 Å². The average Bonchev–Trinajstić information content (AvgIpc) is 2.74. The molecule has 0 amide bonds. The molecule has 0 saturated carbocycles. The SMILES string of the molecule is Cc1cccc(NS(=O)(=O)c2c(Cl)nc3ccccn23)n1. The van der Waals surface area contributed by atoms with E-state index < -0.39 is 10.0 Å². The van der Waals surface area contributed by atoms with E-state index in [-0.39, 0.29) is 16.0 Å². The Kier molecular flexibility index (Phi) is 3.30. The van der Waals surface area contributed by atoms with Crippen molar-refractivity contribution in [2.24, 2.45) is 0 Å². The summed E-state index contributed by atoms with van der Waals surface area (Å²) in [5.74, 6) is 0.233. The molecule has 0 fully saturated rings. The zero-order chi connectivity index (χ0) is 15.0. The molecule has 108 valence electrons. The number of imidazole rings is 1. The fourth-order valence-corrected chi connectivity index (χ4v) is 3.62. The minimum atomic E-state index is -3.89. The Bertz CT molecular complexity index is 921. The van der Waals surface area contributed by atoms with E-state index in [0.717, 1.165) is 0 Å². The minimum absolute atomic E-state index is 0.0821. The van der Waals surface area contributed by atoms with Crippen LogP contribution in [0, 0.1) is 6.92 Å². The number of hydrogen-bond acceptors (Lipinski definition) is 4. The van der Waals surface area contributed by atoms with Gasteiger partial charge in [0.2, 0.25) is 0 Å². The van der Waals surface area contributed by atoms with Gasteiger partial charge in [-0.05, 0) is 31.2 Å². The number of anilines is 1. The minimum Gasteiger partial charge on any atom is -0.288 e. The van der Waals surface area contributed by atoms with Crippen LogP contribution < -0.4 is 4.72 Å². The van der Waals surface area contributed by atoms with Crippen molar-refractivity contribution in [3.63, 3.8) is 0 Å². The van der Waals surface area contributed by atoms with E-state index in [4.69, 9.17) is 11.6 Å². The summed E-state index contributed by atoms with van der Waals surface area (Å²) < 4.78 is 28.9. The van der Waals surface area contributed by atoms with Gasteiger partial charge in [0.05, 0.1) is 0 Å². The molecule has 3 rings (SSSR count). The zero-order valence-corrected chi connectivity index (χ0v) is 12.6. The molecule has 3 heterocycles. The second-order valence-corrected chi connectivity index (χ2v) is 6.36. The smallest absolute Gasteiger partial charge is 0.282 e. The lowest BCUT2D eigenvalue weighted by atomic mass is 10.4. The summed E-state index contributed by atoms with van der Waals surface area (Å²) in [6.45, 7) is 1.78. The Morgan fingerprint density at radius 1 is 1.14 bits per heavy atom. The van der Waals surface area contributed by atoms with Crippen LogP contribution >= 0.6 is 11.6 Å². The molecule has 8 heteroatoms. The predicted octanol–water partition coefficient (Wildman–Crippen LogP) is 2.49. The van der Waals surface area contributed by atoms with Crippen molar-refractivity contribution in [3.05, 3.63) is 53.4 Å². The first-order valence-electron chi connectivity index (χ1n) is 6.06. The number of aromatic nitrogens is 3. The Morgan fingerprint density at radius 3 is 2.71 bits per heavy atom. The van der Waals surface area contributed by atoms with Gasteiger partial charge in [-0.15, -0.1) is 0 Å². The lowest BCUT2D eigenvalue weighted by molar-refractivity contribution is 0.596. The molecule has 3 aromatic heterocycles. The fraction of sp³-hybridized carbons (Fsp3) is 0.0769. The second-order valence-electron chi connectivity index (χ2n) is 4.41. The number of halogens is 1. The highest BCUT2D eigenvalue weighted by Crippen LogP contribution is 2.24. The van der Waals surface area contributed by atoms with Crippen molar-refractivity contribution < 1.29 is 8.42 Å². The molecule has 0 atom stereocenters. The molecule has 0 aliphatic rings. The number of nitrogens with one attached hydrogen (secondary N) is 1. The molecule has 0 spiro atoms. The number of hydrogen-bond donors (Lipinski definition) is 1. The molecule has 0 saturated heterocycles. The summed E-state index contributed by atoms with van der Waals surface area (Å²) in [6.07, 6.45) is 1.59. The maximum absolute atomic E-state index is 12.5. The van der Waals surface area contributed by atoms with Crippen LogP contribution in [0.25, 0.3) is 5.65 Å². The molecule has 0 aliphatic carbocycles. The first-order chi connectivity index (χ1) is 9.97. The number of aryl methyl sites for hydroxylation is 1. The summed E-state index contributed by atoms with van der Waals surface area (Å²) in [5, 5.41) is -0.190. The van der Waals surface area contributed by atoms with E-state index in [2.05, 4.69) is 14.7 Å². The molecule has 1 N–H and O–H groups in total. The highest BCUT2D eigenvalue weighted by atomic mass is 35.5. The summed E-state index contributed by atoms with van der Waals surface area (Å²) in [6, 6.07) is 10.2. The quantitative estimate of drug-likeness (QED) is 0.803. The van der Waals surface area contributed by atoms with Gasteiger partial charge in [-0.3, -0.25) is 9.12 Å². The summed E-state index contributed by atoms with van der Waals surface area (Å²) >= 11 is 5.98. The highest BCUT2D eigenvalue weighted by Gasteiger charge is 2.24. The van der Waals surface area contributed by atoms with Crippen molar-refractivity contribution in [2.75, 3.05) is 4.72 Å². The lowest BCUT2D eigenvalue weighted by Crippen LogP contribution is -2.16. The van der Waals surface area contributed by atoms with Crippen molar-refractivity contribution in [1.82, 2.24) is 14.4 Å². The number of nitrogens with zero attached hydrogens (tertiary/aromatic N) is 3. The Morgan fingerprint density at radius 2 is 1.95 bits per heavy atom. The molecule has 0 aromatic carbocycles.